The van der Waals surface area contributed by atoms with Crippen molar-refractivity contribution >= 4 is 55.1 Å². The Hall–Kier alpha value is 1.71. The average molecular weight is 108 g/mol. The van der Waals surface area contributed by atoms with Crippen molar-refractivity contribution in [1.29, 1.82) is 0 Å². The first-order chi connectivity index (χ1) is 0. The van der Waals surface area contributed by atoms with Crippen LogP contribution in [-0.2, 0) is 0 Å². The Morgan fingerprint density at radius 2 is 0.750 bits per heavy atom. The van der Waals surface area contributed by atoms with E-state index < -0.39 is 0 Å². The molecule has 0 saturated carbocycles. The van der Waals surface area contributed by atoms with Crippen molar-refractivity contribution in [2.24, 2.45) is 0 Å². The summed E-state index contributed by atoms with van der Waals surface area (Å²) in [6.45, 7) is 0. The second kappa shape index (κ2) is 22.2. The number of rotatable bonds is 0. The number of hydrogen-bond donors (Lipinski definition) is 0. The predicted molar refractivity (Wildman–Crippen MR) is 25.7 cm³/mol. The third-order valence-corrected chi connectivity index (χ3v) is 0. The van der Waals surface area contributed by atoms with E-state index in [4.69, 9.17) is 0 Å². The molecule has 0 saturated heterocycles. The van der Waals surface area contributed by atoms with Gasteiger partial charge in [-0.05, 0) is 0 Å². The Bertz CT molecular complexity index is 6.00. The van der Waals surface area contributed by atoms with Crippen LogP contribution in [0.4, 0.5) is 0 Å². The molecule has 0 bridgehead atoms. The quantitative estimate of drug-likeness (QED) is 0.286. The Morgan fingerprint density at radius 3 is 0.750 bits per heavy atom. The summed E-state index contributed by atoms with van der Waals surface area (Å²) in [5.41, 5.74) is 0. The molecule has 0 fully saturated rings. The van der Waals surface area contributed by atoms with Gasteiger partial charge in [0.15, 0.2) is 17.4 Å². The second-order valence-electron chi connectivity index (χ2n) is 0. The van der Waals surface area contributed by atoms with Crippen molar-refractivity contribution in [1.82, 2.24) is 0 Å². The molecule has 0 rings (SSSR count). The molecule has 0 atom stereocenters. The molecule has 4 heteroatoms. The van der Waals surface area contributed by atoms with Gasteiger partial charge in [0.05, 0.1) is 0 Å². The van der Waals surface area contributed by atoms with E-state index in [9.17, 15) is 0 Å². The van der Waals surface area contributed by atoms with E-state index in [-0.39, 0.29) is 66.1 Å². The summed E-state index contributed by atoms with van der Waals surface area (Å²) in [7, 11) is 0. The van der Waals surface area contributed by atoms with Gasteiger partial charge < -0.3 is 11.0 Å². The SMILES string of the molecule is O.O.[AlH3].[CaH2]. The second-order valence-corrected chi connectivity index (χ2v) is 0. The Kier molecular flexibility index (Phi) is 240. The van der Waals surface area contributed by atoms with Crippen molar-refractivity contribution in [3.05, 3.63) is 0 Å². The molecule has 0 aromatic carbocycles. The van der Waals surface area contributed by atoms with Gasteiger partial charge >= 0.3 is 37.7 Å². The zero-order valence-electron chi connectivity index (χ0n) is 1.00. The molecule has 0 spiro atoms. The molecule has 4 N–H and O–H groups in total. The molecule has 0 aromatic heterocycles. The molecule has 0 heterocycles. The first kappa shape index (κ1) is 43.3. The third kappa shape index (κ3) is 9.31. The van der Waals surface area contributed by atoms with E-state index in [0.29, 0.717) is 0 Å². The molecular weight excluding hydrogens is 99.1 g/mol. The first-order valence-electron chi connectivity index (χ1n) is 0. The van der Waals surface area contributed by atoms with Gasteiger partial charge in [0.25, 0.3) is 0 Å². The van der Waals surface area contributed by atoms with Gasteiger partial charge in [0.1, 0.15) is 0 Å². The fourth-order valence-electron chi connectivity index (χ4n) is 0. The van der Waals surface area contributed by atoms with E-state index in [2.05, 4.69) is 0 Å². The molecule has 0 aliphatic carbocycles. The topological polar surface area (TPSA) is 63.0 Å². The Balaban J connectivity index is 0. The molecule has 4 heavy (non-hydrogen) atoms. The van der Waals surface area contributed by atoms with E-state index in [1.807, 2.05) is 0 Å². The monoisotopic (exact) mass is 108 g/mol. The average Bonchev–Trinajstić information content (AvgIpc) is 0. The molecule has 0 aromatic rings. The minimum atomic E-state index is 0. The van der Waals surface area contributed by atoms with Crippen LogP contribution in [0.2, 0.25) is 0 Å². The standard InChI is InChI=1S/Al.Ca.2H2O.5H/h;;2*1H2;;;;;. The summed E-state index contributed by atoms with van der Waals surface area (Å²) in [6.07, 6.45) is 0. The Labute approximate surface area is 65.3 Å². The fourth-order valence-corrected chi connectivity index (χ4v) is 0. The van der Waals surface area contributed by atoms with Crippen LogP contribution in [-0.4, -0.2) is 66.1 Å². The summed E-state index contributed by atoms with van der Waals surface area (Å²) < 4.78 is 0. The van der Waals surface area contributed by atoms with Crippen molar-refractivity contribution in [3.63, 3.8) is 0 Å². The molecule has 26 valence electrons. The van der Waals surface area contributed by atoms with Crippen LogP contribution in [0.3, 0.4) is 0 Å². The first-order valence-corrected chi connectivity index (χ1v) is 0. The zero-order chi connectivity index (χ0) is 0. The van der Waals surface area contributed by atoms with Crippen molar-refractivity contribution in [2.45, 2.75) is 0 Å². The van der Waals surface area contributed by atoms with E-state index >= 15 is 0 Å². The van der Waals surface area contributed by atoms with Crippen LogP contribution in [0.15, 0.2) is 0 Å². The maximum atomic E-state index is 0. The molecule has 0 unspecified atom stereocenters. The zero-order valence-corrected chi connectivity index (χ0v) is 1.00. The van der Waals surface area contributed by atoms with Crippen LogP contribution in [0.1, 0.15) is 0 Å². The van der Waals surface area contributed by atoms with Gasteiger partial charge in [-0.1, -0.05) is 0 Å². The maximum absolute atomic E-state index is 0. The van der Waals surface area contributed by atoms with Crippen molar-refractivity contribution < 1.29 is 11.0 Å². The summed E-state index contributed by atoms with van der Waals surface area (Å²) in [4.78, 5) is 0. The molecule has 0 aliphatic rings. The summed E-state index contributed by atoms with van der Waals surface area (Å²) in [6, 6.07) is 0. The molecular formula is H9AlCaO2. The van der Waals surface area contributed by atoms with Crippen LogP contribution < -0.4 is 0 Å². The van der Waals surface area contributed by atoms with Crippen LogP contribution in [0, 0.1) is 0 Å². The van der Waals surface area contributed by atoms with Crippen LogP contribution in [0.25, 0.3) is 0 Å². The van der Waals surface area contributed by atoms with Gasteiger partial charge in [-0.2, -0.15) is 0 Å². The summed E-state index contributed by atoms with van der Waals surface area (Å²) >= 11 is 0. The Morgan fingerprint density at radius 1 is 0.750 bits per heavy atom. The third-order valence-electron chi connectivity index (χ3n) is 0. The molecule has 0 radical (unpaired) electrons. The molecule has 0 amide bonds. The fraction of sp³-hybridized carbons (Fsp3) is 0. The number of hydrogen-bond acceptors (Lipinski definition) is 0. The summed E-state index contributed by atoms with van der Waals surface area (Å²) in [5.74, 6) is 0. The normalized spacial score (nSPS) is 0. The van der Waals surface area contributed by atoms with Gasteiger partial charge in [-0.3, -0.25) is 0 Å². The van der Waals surface area contributed by atoms with Crippen LogP contribution >= 0.6 is 0 Å². The van der Waals surface area contributed by atoms with Gasteiger partial charge in [0, 0.05) is 0 Å². The van der Waals surface area contributed by atoms with Gasteiger partial charge in [-0.25, -0.2) is 0 Å². The van der Waals surface area contributed by atoms with Gasteiger partial charge in [0.2, 0.25) is 0 Å². The molecule has 0 aliphatic heterocycles. The van der Waals surface area contributed by atoms with Crippen molar-refractivity contribution in [2.75, 3.05) is 0 Å². The minimum absolute atomic E-state index is 0. The summed E-state index contributed by atoms with van der Waals surface area (Å²) in [5, 5.41) is 0. The van der Waals surface area contributed by atoms with Crippen molar-refractivity contribution in [3.8, 4) is 0 Å². The van der Waals surface area contributed by atoms with Crippen LogP contribution in [0.5, 0.6) is 0 Å². The predicted octanol–water partition coefficient (Wildman–Crippen LogP) is -3.75. The van der Waals surface area contributed by atoms with E-state index in [0.717, 1.165) is 0 Å². The van der Waals surface area contributed by atoms with E-state index in [1.54, 1.807) is 0 Å². The van der Waals surface area contributed by atoms with E-state index in [1.165, 1.54) is 0 Å². The van der Waals surface area contributed by atoms with Gasteiger partial charge in [-0.15, -0.1) is 0 Å². The molecule has 2 nitrogen and oxygen atoms in total.